The first-order valence-electron chi connectivity index (χ1n) is 6.75. The average molecular weight is 283 g/mol. The van der Waals surface area contributed by atoms with Gasteiger partial charge in [0.2, 0.25) is 6.54 Å². The average Bonchev–Trinajstić information content (AvgIpc) is 2.52. The third kappa shape index (κ3) is 5.20. The Morgan fingerprint density at radius 1 is 1.05 bits per heavy atom. The summed E-state index contributed by atoms with van der Waals surface area (Å²) in [7, 11) is 0. The van der Waals surface area contributed by atoms with E-state index < -0.39 is 6.10 Å². The van der Waals surface area contributed by atoms with Crippen molar-refractivity contribution in [2.75, 3.05) is 13.2 Å². The van der Waals surface area contributed by atoms with E-state index in [0.717, 1.165) is 11.1 Å². The van der Waals surface area contributed by atoms with Crippen LogP contribution in [0.3, 0.4) is 0 Å². The van der Waals surface area contributed by atoms with Crippen LogP contribution in [0.1, 0.15) is 17.2 Å². The van der Waals surface area contributed by atoms with E-state index in [4.69, 9.17) is 4.74 Å². The Bertz CT molecular complexity index is 581. The largest absolute Gasteiger partial charge is 0.363 e. The van der Waals surface area contributed by atoms with Gasteiger partial charge in [-0.15, -0.1) is 0 Å². The highest BCUT2D eigenvalue weighted by atomic mass is 16.6. The van der Waals surface area contributed by atoms with Crippen LogP contribution in [0.4, 0.5) is 0 Å². The number of hydrogen-bond acceptors (Lipinski definition) is 3. The van der Waals surface area contributed by atoms with Crippen LogP contribution in [0.2, 0.25) is 0 Å². The number of ether oxygens (including phenoxy) is 1. The molecule has 2 aromatic carbocycles. The van der Waals surface area contributed by atoms with E-state index in [9.17, 15) is 10.1 Å². The van der Waals surface area contributed by atoms with Gasteiger partial charge in [-0.1, -0.05) is 72.8 Å². The van der Waals surface area contributed by atoms with Crippen molar-refractivity contribution in [3.8, 4) is 0 Å². The maximum atomic E-state index is 10.7. The normalized spacial score (nSPS) is 12.4. The fourth-order valence-electron chi connectivity index (χ4n) is 1.98. The molecule has 0 radical (unpaired) electrons. The zero-order valence-electron chi connectivity index (χ0n) is 11.6. The minimum Gasteiger partial charge on any atom is -0.363 e. The maximum Gasteiger partial charge on any atom is 0.233 e. The van der Waals surface area contributed by atoms with Crippen LogP contribution >= 0.6 is 0 Å². The van der Waals surface area contributed by atoms with Gasteiger partial charge in [-0.05, 0) is 11.1 Å². The van der Waals surface area contributed by atoms with Gasteiger partial charge in [0.1, 0.15) is 6.10 Å². The zero-order valence-corrected chi connectivity index (χ0v) is 11.6. The van der Waals surface area contributed by atoms with Crippen LogP contribution in [-0.2, 0) is 4.74 Å². The first-order chi connectivity index (χ1) is 10.3. The topological polar surface area (TPSA) is 52.4 Å². The van der Waals surface area contributed by atoms with Crippen molar-refractivity contribution in [1.29, 1.82) is 0 Å². The van der Waals surface area contributed by atoms with E-state index in [1.54, 1.807) is 0 Å². The molecule has 0 saturated heterocycles. The first kappa shape index (κ1) is 14.9. The molecule has 1 unspecified atom stereocenters. The molecule has 2 aromatic rings. The lowest BCUT2D eigenvalue weighted by atomic mass is 10.1. The molecule has 0 amide bonds. The molecule has 0 aliphatic rings. The van der Waals surface area contributed by atoms with Gasteiger partial charge in [0.15, 0.2) is 0 Å². The van der Waals surface area contributed by atoms with Gasteiger partial charge in [0.25, 0.3) is 0 Å². The van der Waals surface area contributed by atoms with Crippen LogP contribution in [0, 0.1) is 10.1 Å². The van der Waals surface area contributed by atoms with Gasteiger partial charge < -0.3 is 4.74 Å². The van der Waals surface area contributed by atoms with E-state index in [1.165, 1.54) is 0 Å². The van der Waals surface area contributed by atoms with Crippen LogP contribution in [0.25, 0.3) is 6.08 Å². The van der Waals surface area contributed by atoms with Gasteiger partial charge >= 0.3 is 0 Å². The second-order valence-corrected chi connectivity index (χ2v) is 4.56. The number of benzene rings is 2. The summed E-state index contributed by atoms with van der Waals surface area (Å²) in [6.07, 6.45) is 3.28. The molecule has 0 heterocycles. The third-order valence-electron chi connectivity index (χ3n) is 2.99. The minimum atomic E-state index is -0.526. The van der Waals surface area contributed by atoms with Crippen molar-refractivity contribution in [2.24, 2.45) is 0 Å². The van der Waals surface area contributed by atoms with Gasteiger partial charge in [-0.25, -0.2) is 0 Å². The van der Waals surface area contributed by atoms with Gasteiger partial charge in [0, 0.05) is 4.92 Å². The lowest BCUT2D eigenvalue weighted by Gasteiger charge is -2.13. The SMILES string of the molecule is O=[N+]([O-])CC(OCC=Cc1ccccc1)c1ccccc1. The smallest absolute Gasteiger partial charge is 0.233 e. The Balaban J connectivity index is 1.93. The molecule has 2 rings (SSSR count). The Morgan fingerprint density at radius 2 is 1.67 bits per heavy atom. The summed E-state index contributed by atoms with van der Waals surface area (Å²) in [5, 5.41) is 10.7. The molecule has 0 N–H and O–H groups in total. The molecule has 21 heavy (non-hydrogen) atoms. The number of nitro groups is 1. The summed E-state index contributed by atoms with van der Waals surface area (Å²) < 4.78 is 5.63. The number of hydrogen-bond donors (Lipinski definition) is 0. The van der Waals surface area contributed by atoms with Gasteiger partial charge in [-0.3, -0.25) is 10.1 Å². The van der Waals surface area contributed by atoms with Crippen molar-refractivity contribution in [1.82, 2.24) is 0 Å². The van der Waals surface area contributed by atoms with Crippen LogP contribution in [0.15, 0.2) is 66.7 Å². The van der Waals surface area contributed by atoms with Crippen molar-refractivity contribution in [2.45, 2.75) is 6.10 Å². The van der Waals surface area contributed by atoms with E-state index in [-0.39, 0.29) is 11.5 Å². The molecule has 108 valence electrons. The summed E-state index contributed by atoms with van der Waals surface area (Å²) in [4.78, 5) is 10.4. The molecule has 0 saturated carbocycles. The van der Waals surface area contributed by atoms with E-state index >= 15 is 0 Å². The van der Waals surface area contributed by atoms with E-state index in [1.807, 2.05) is 72.8 Å². The Kier molecular flexibility index (Phi) is 5.67. The number of nitrogens with zero attached hydrogens (tertiary/aromatic N) is 1. The Hall–Kier alpha value is -2.46. The Morgan fingerprint density at radius 3 is 2.29 bits per heavy atom. The molecule has 0 aromatic heterocycles. The second kappa shape index (κ2) is 7.97. The summed E-state index contributed by atoms with van der Waals surface area (Å²) in [5.74, 6) is 0. The molecule has 0 aliphatic carbocycles. The van der Waals surface area contributed by atoms with Gasteiger partial charge in [0.05, 0.1) is 6.61 Å². The maximum absolute atomic E-state index is 10.7. The highest BCUT2D eigenvalue weighted by Crippen LogP contribution is 2.17. The molecule has 0 aliphatic heterocycles. The fraction of sp³-hybridized carbons (Fsp3) is 0.176. The molecule has 4 heteroatoms. The van der Waals surface area contributed by atoms with Crippen LogP contribution < -0.4 is 0 Å². The summed E-state index contributed by atoms with van der Waals surface area (Å²) in [6.45, 7) is 0.103. The highest BCUT2D eigenvalue weighted by molar-refractivity contribution is 5.48. The molecule has 0 fully saturated rings. The van der Waals surface area contributed by atoms with Crippen LogP contribution in [-0.4, -0.2) is 18.1 Å². The predicted octanol–water partition coefficient (Wildman–Crippen LogP) is 3.73. The van der Waals surface area contributed by atoms with Crippen LogP contribution in [0.5, 0.6) is 0 Å². The lowest BCUT2D eigenvalue weighted by Crippen LogP contribution is -2.15. The van der Waals surface area contributed by atoms with E-state index in [0.29, 0.717) is 6.61 Å². The fourth-order valence-corrected chi connectivity index (χ4v) is 1.98. The highest BCUT2D eigenvalue weighted by Gasteiger charge is 2.17. The van der Waals surface area contributed by atoms with Crippen molar-refractivity contribution in [3.05, 3.63) is 88.0 Å². The predicted molar refractivity (Wildman–Crippen MR) is 82.5 cm³/mol. The quantitative estimate of drug-likeness (QED) is 0.574. The molecule has 0 spiro atoms. The summed E-state index contributed by atoms with van der Waals surface area (Å²) >= 11 is 0. The molecular formula is C17H17NO3. The first-order valence-corrected chi connectivity index (χ1v) is 6.75. The third-order valence-corrected chi connectivity index (χ3v) is 2.99. The molecule has 4 nitrogen and oxygen atoms in total. The number of rotatable bonds is 7. The zero-order chi connectivity index (χ0) is 14.9. The van der Waals surface area contributed by atoms with Crippen molar-refractivity contribution in [3.63, 3.8) is 0 Å². The van der Waals surface area contributed by atoms with Gasteiger partial charge in [-0.2, -0.15) is 0 Å². The Labute approximate surface area is 123 Å². The molecule has 0 bridgehead atoms. The monoisotopic (exact) mass is 283 g/mol. The molecule has 1 atom stereocenters. The summed E-state index contributed by atoms with van der Waals surface area (Å²) in [5.41, 5.74) is 1.90. The van der Waals surface area contributed by atoms with E-state index in [2.05, 4.69) is 0 Å². The minimum absolute atomic E-state index is 0.233. The van der Waals surface area contributed by atoms with Crippen molar-refractivity contribution < 1.29 is 9.66 Å². The lowest BCUT2D eigenvalue weighted by molar-refractivity contribution is -0.492. The standard InChI is InChI=1S/C17H17NO3/c19-18(20)14-17(16-11-5-2-6-12-16)21-13-7-10-15-8-3-1-4-9-15/h1-12,17H,13-14H2. The molecular weight excluding hydrogens is 266 g/mol. The second-order valence-electron chi connectivity index (χ2n) is 4.56. The van der Waals surface area contributed by atoms with Crippen molar-refractivity contribution >= 4 is 6.08 Å². The summed E-state index contributed by atoms with van der Waals surface area (Å²) in [6, 6.07) is 19.1.